The number of amides is 1. The van der Waals surface area contributed by atoms with Gasteiger partial charge in [-0.2, -0.15) is 10.5 Å². The molecule has 3 rings (SSSR count). The quantitative estimate of drug-likeness (QED) is 0.459. The predicted molar refractivity (Wildman–Crippen MR) is 116 cm³/mol. The van der Waals surface area contributed by atoms with E-state index in [1.165, 1.54) is 41.7 Å². The van der Waals surface area contributed by atoms with E-state index in [-0.39, 0.29) is 5.57 Å². The van der Waals surface area contributed by atoms with Crippen molar-refractivity contribution in [2.24, 2.45) is 0 Å². The zero-order chi connectivity index (χ0) is 22.0. The molecule has 30 heavy (non-hydrogen) atoms. The maximum Gasteiger partial charge on any atom is 0.266 e. The van der Waals surface area contributed by atoms with Crippen LogP contribution in [0.3, 0.4) is 0 Å². The topological polar surface area (TPSA) is 81.6 Å². The summed E-state index contributed by atoms with van der Waals surface area (Å²) in [7, 11) is 0. The number of benzene rings is 1. The predicted octanol–water partition coefficient (Wildman–Crippen LogP) is 5.33. The second-order valence-corrected chi connectivity index (χ2v) is 8.07. The van der Waals surface area contributed by atoms with Crippen molar-refractivity contribution in [3.63, 3.8) is 0 Å². The molecule has 1 aromatic carbocycles. The van der Waals surface area contributed by atoms with Crippen LogP contribution in [-0.2, 0) is 4.79 Å². The molecule has 2 heterocycles. The fraction of sp³-hybridized carbons (Fsp3) is 0.174. The van der Waals surface area contributed by atoms with Gasteiger partial charge in [0.25, 0.3) is 5.91 Å². The Kier molecular flexibility index (Phi) is 5.86. The van der Waals surface area contributed by atoms with Crippen LogP contribution in [0.25, 0.3) is 11.1 Å². The average molecular weight is 418 g/mol. The summed E-state index contributed by atoms with van der Waals surface area (Å²) in [5, 5.41) is 22.5. The number of thiophene rings is 1. The molecule has 0 spiro atoms. The Morgan fingerprint density at radius 1 is 1.17 bits per heavy atom. The summed E-state index contributed by atoms with van der Waals surface area (Å²) < 4.78 is 15.0. The molecule has 0 bridgehead atoms. The molecule has 0 fully saturated rings. The summed E-state index contributed by atoms with van der Waals surface area (Å²) in [6.07, 6.45) is 1.52. The Morgan fingerprint density at radius 3 is 2.43 bits per heavy atom. The van der Waals surface area contributed by atoms with Crippen molar-refractivity contribution < 1.29 is 9.18 Å². The Hall–Kier alpha value is -3.68. The third-order valence-corrected chi connectivity index (χ3v) is 6.11. The number of nitriles is 2. The largest absolute Gasteiger partial charge is 0.321 e. The fourth-order valence-electron chi connectivity index (χ4n) is 3.18. The number of nitrogens with one attached hydrogen (secondary N) is 1. The monoisotopic (exact) mass is 418 g/mol. The standard InChI is InChI=1S/C23H19FN4OS/c1-13-9-17(15(3)28(13)23-21(12-26)14(2)16(4)30-23)10-18(11-25)22(29)27-20-7-5-19(24)6-8-20/h5-10H,1-4H3,(H,27,29)/b18-10-. The van der Waals surface area contributed by atoms with Crippen LogP contribution in [0.2, 0.25) is 0 Å². The summed E-state index contributed by atoms with van der Waals surface area (Å²) in [5.41, 5.74) is 4.35. The van der Waals surface area contributed by atoms with E-state index in [4.69, 9.17) is 0 Å². The summed E-state index contributed by atoms with van der Waals surface area (Å²) in [4.78, 5) is 13.6. The van der Waals surface area contributed by atoms with Crippen LogP contribution < -0.4 is 5.32 Å². The highest BCUT2D eigenvalue weighted by atomic mass is 32.1. The number of nitrogens with zero attached hydrogens (tertiary/aromatic N) is 3. The van der Waals surface area contributed by atoms with Gasteiger partial charge >= 0.3 is 0 Å². The van der Waals surface area contributed by atoms with Crippen LogP contribution in [0.1, 0.15) is 33.0 Å². The summed E-state index contributed by atoms with van der Waals surface area (Å²) in [5.74, 6) is -0.985. The molecule has 3 aromatic rings. The van der Waals surface area contributed by atoms with Crippen LogP contribution >= 0.6 is 11.3 Å². The third-order valence-electron chi connectivity index (χ3n) is 4.92. The molecular weight excluding hydrogens is 399 g/mol. The molecule has 2 aromatic heterocycles. The van der Waals surface area contributed by atoms with Crippen molar-refractivity contribution in [2.45, 2.75) is 27.7 Å². The molecule has 1 amide bonds. The number of halogens is 1. The number of aryl methyl sites for hydroxylation is 2. The van der Waals surface area contributed by atoms with E-state index in [1.807, 2.05) is 44.4 Å². The lowest BCUT2D eigenvalue weighted by atomic mass is 10.1. The van der Waals surface area contributed by atoms with Crippen LogP contribution in [-0.4, -0.2) is 10.5 Å². The number of carbonyl (C=O) groups excluding carboxylic acids is 1. The van der Waals surface area contributed by atoms with Gasteiger partial charge in [-0.3, -0.25) is 4.79 Å². The minimum Gasteiger partial charge on any atom is -0.321 e. The van der Waals surface area contributed by atoms with Gasteiger partial charge < -0.3 is 9.88 Å². The van der Waals surface area contributed by atoms with Crippen molar-refractivity contribution in [1.82, 2.24) is 4.57 Å². The lowest BCUT2D eigenvalue weighted by Gasteiger charge is -2.08. The summed E-state index contributed by atoms with van der Waals surface area (Å²) >= 11 is 1.54. The van der Waals surface area contributed by atoms with Gasteiger partial charge in [-0.05, 0) is 75.2 Å². The van der Waals surface area contributed by atoms with E-state index >= 15 is 0 Å². The van der Waals surface area contributed by atoms with Gasteiger partial charge in [0.1, 0.15) is 28.5 Å². The Morgan fingerprint density at radius 2 is 1.83 bits per heavy atom. The highest BCUT2D eigenvalue weighted by molar-refractivity contribution is 7.14. The molecule has 1 N–H and O–H groups in total. The van der Waals surface area contributed by atoms with Crippen LogP contribution in [0.5, 0.6) is 0 Å². The maximum atomic E-state index is 13.0. The zero-order valence-corrected chi connectivity index (χ0v) is 17.8. The van der Waals surface area contributed by atoms with Crippen molar-refractivity contribution in [2.75, 3.05) is 5.32 Å². The maximum absolute atomic E-state index is 13.0. The third kappa shape index (κ3) is 3.89. The van der Waals surface area contributed by atoms with E-state index in [2.05, 4.69) is 11.4 Å². The number of anilines is 1. The highest BCUT2D eigenvalue weighted by Crippen LogP contribution is 2.34. The molecule has 5 nitrogen and oxygen atoms in total. The van der Waals surface area contributed by atoms with Crippen LogP contribution in [0.4, 0.5) is 10.1 Å². The first-order valence-corrected chi connectivity index (χ1v) is 9.96. The second kappa shape index (κ2) is 8.36. The molecule has 0 aliphatic carbocycles. The van der Waals surface area contributed by atoms with Gasteiger partial charge in [0.05, 0.1) is 5.56 Å². The number of aromatic nitrogens is 1. The van der Waals surface area contributed by atoms with Crippen molar-refractivity contribution in [3.05, 3.63) is 74.7 Å². The van der Waals surface area contributed by atoms with Crippen molar-refractivity contribution >= 4 is 29.0 Å². The number of carbonyl (C=O) groups is 1. The molecule has 0 atom stereocenters. The SMILES string of the molecule is Cc1sc(-n2c(C)cc(/C=C(/C#N)C(=O)Nc3ccc(F)cc3)c2C)c(C#N)c1C. The first-order chi connectivity index (χ1) is 14.3. The molecule has 0 unspecified atom stereocenters. The lowest BCUT2D eigenvalue weighted by Crippen LogP contribution is -2.13. The molecule has 0 saturated heterocycles. The van der Waals surface area contributed by atoms with E-state index in [9.17, 15) is 19.7 Å². The molecule has 150 valence electrons. The average Bonchev–Trinajstić information content (AvgIpc) is 3.15. The van der Waals surface area contributed by atoms with Gasteiger partial charge in [0.2, 0.25) is 0 Å². The van der Waals surface area contributed by atoms with Crippen LogP contribution in [0, 0.1) is 56.2 Å². The van der Waals surface area contributed by atoms with E-state index in [1.54, 1.807) is 0 Å². The smallest absolute Gasteiger partial charge is 0.266 e. The molecule has 0 saturated carbocycles. The zero-order valence-electron chi connectivity index (χ0n) is 17.0. The lowest BCUT2D eigenvalue weighted by molar-refractivity contribution is -0.112. The van der Waals surface area contributed by atoms with Crippen molar-refractivity contribution in [3.8, 4) is 17.1 Å². The van der Waals surface area contributed by atoms with Gasteiger partial charge in [0.15, 0.2) is 0 Å². The van der Waals surface area contributed by atoms with Gasteiger partial charge in [-0.15, -0.1) is 11.3 Å². The Bertz CT molecular complexity index is 1250. The van der Waals surface area contributed by atoms with E-state index in [0.717, 1.165) is 26.8 Å². The Labute approximate surface area is 178 Å². The van der Waals surface area contributed by atoms with Gasteiger partial charge in [-0.25, -0.2) is 4.39 Å². The van der Waals surface area contributed by atoms with E-state index < -0.39 is 11.7 Å². The van der Waals surface area contributed by atoms with E-state index in [0.29, 0.717) is 16.8 Å². The Balaban J connectivity index is 1.99. The molecule has 0 aliphatic heterocycles. The van der Waals surface area contributed by atoms with Crippen molar-refractivity contribution in [1.29, 1.82) is 10.5 Å². The first-order valence-electron chi connectivity index (χ1n) is 9.15. The van der Waals surface area contributed by atoms with Gasteiger partial charge in [-0.1, -0.05) is 0 Å². The minimum atomic E-state index is -0.575. The summed E-state index contributed by atoms with van der Waals surface area (Å²) in [6.45, 7) is 7.71. The minimum absolute atomic E-state index is 0.0707. The molecule has 7 heteroatoms. The number of rotatable bonds is 4. The second-order valence-electron chi connectivity index (χ2n) is 6.87. The molecule has 0 aliphatic rings. The first kappa shape index (κ1) is 21.0. The molecule has 0 radical (unpaired) electrons. The normalized spacial score (nSPS) is 11.1. The van der Waals surface area contributed by atoms with Crippen LogP contribution in [0.15, 0.2) is 35.9 Å². The van der Waals surface area contributed by atoms with Gasteiger partial charge in [0, 0.05) is 22.0 Å². The number of hydrogen-bond acceptors (Lipinski definition) is 4. The fourth-order valence-corrected chi connectivity index (χ4v) is 4.40. The number of hydrogen-bond donors (Lipinski definition) is 1. The highest BCUT2D eigenvalue weighted by Gasteiger charge is 2.19. The summed E-state index contributed by atoms with van der Waals surface area (Å²) in [6, 6.07) is 11.4. The molecular formula is C23H19FN4OS.